The van der Waals surface area contributed by atoms with Crippen LogP contribution in [0.25, 0.3) is 22.0 Å². The van der Waals surface area contributed by atoms with Crippen molar-refractivity contribution >= 4 is 35.0 Å². The maximum absolute atomic E-state index is 16.4. The fourth-order valence-corrected chi connectivity index (χ4v) is 11.6. The van der Waals surface area contributed by atoms with Crippen LogP contribution >= 0.6 is 0 Å². The number of nitrogens with one attached hydrogen (secondary N) is 2. The van der Waals surface area contributed by atoms with Gasteiger partial charge in [0.2, 0.25) is 0 Å². The van der Waals surface area contributed by atoms with Gasteiger partial charge in [-0.15, -0.1) is 6.42 Å². The average Bonchev–Trinajstić information content (AvgIpc) is 4.00. The van der Waals surface area contributed by atoms with E-state index in [4.69, 9.17) is 25.4 Å². The SMILES string of the molecule is C#Cc1c(F)ccc2cc(OC=O)cc(-c3ncccnc(=O)[nH]c(N4CC5CC(C4)N5)c3F)c12.CCCCCCCCCCCCC(=O)OCC(COC(=O)CCCCCCCCCCCC)OC.C[C@H]1CN2CCC[C@@]2(C)C1. The van der Waals surface area contributed by atoms with Gasteiger partial charge in [0.1, 0.15) is 42.4 Å². The lowest BCUT2D eigenvalue weighted by atomic mass is 9.91. The highest BCUT2D eigenvalue weighted by Gasteiger charge is 2.43. The summed E-state index contributed by atoms with van der Waals surface area (Å²) in [5.41, 5.74) is -0.366. The number of halogens is 2. The van der Waals surface area contributed by atoms with Gasteiger partial charge in [0, 0.05) is 80.6 Å². The average molecular weight is 1110 g/mol. The number of fused-ring (bicyclic) bond motifs is 4. The summed E-state index contributed by atoms with van der Waals surface area (Å²) in [6, 6.07) is 7.17. The molecule has 14 nitrogen and oxygen atoms in total. The van der Waals surface area contributed by atoms with Crippen LogP contribution in [0.4, 0.5) is 14.6 Å². The van der Waals surface area contributed by atoms with E-state index in [2.05, 4.69) is 58.8 Å². The highest BCUT2D eigenvalue weighted by atomic mass is 19.1. The number of hydrogen-bond acceptors (Lipinski definition) is 13. The van der Waals surface area contributed by atoms with Crippen LogP contribution < -0.4 is 20.6 Å². The Bertz CT molecular complexity index is 2480. The first-order valence-corrected chi connectivity index (χ1v) is 30.2. The molecule has 442 valence electrons. The normalized spacial score (nSPS) is 18.9. The lowest BCUT2D eigenvalue weighted by Gasteiger charge is -2.48. The molecule has 0 saturated carbocycles. The number of esters is 2. The maximum Gasteiger partial charge on any atom is 0.346 e. The van der Waals surface area contributed by atoms with Crippen molar-refractivity contribution in [2.24, 2.45) is 5.92 Å². The molecule has 4 atom stereocenters. The number of carbonyl (C=O) groups is 3. The number of hydrogen-bond donors (Lipinski definition) is 2. The van der Waals surface area contributed by atoms with Gasteiger partial charge in [0.15, 0.2) is 5.82 Å². The molecule has 5 saturated heterocycles. The van der Waals surface area contributed by atoms with E-state index < -0.39 is 23.4 Å². The van der Waals surface area contributed by atoms with Gasteiger partial charge in [-0.3, -0.25) is 29.3 Å². The molecule has 2 unspecified atom stereocenters. The zero-order valence-corrected chi connectivity index (χ0v) is 48.9. The highest BCUT2D eigenvalue weighted by Crippen LogP contribution is 2.41. The van der Waals surface area contributed by atoms with Crippen molar-refractivity contribution in [1.82, 2.24) is 25.2 Å². The molecule has 2 N–H and O–H groups in total. The summed E-state index contributed by atoms with van der Waals surface area (Å²) in [5.74, 6) is 1.33. The number of ether oxygens (including phenoxy) is 4. The molecule has 5 fully saturated rings. The summed E-state index contributed by atoms with van der Waals surface area (Å²) < 4.78 is 52.0. The first kappa shape index (κ1) is 65.3. The number of nitrogens with zero attached hydrogens (tertiary/aromatic N) is 4. The fourth-order valence-electron chi connectivity index (χ4n) is 11.6. The molecule has 5 aliphatic heterocycles. The zero-order chi connectivity index (χ0) is 57.5. The molecule has 3 aromatic rings. The van der Waals surface area contributed by atoms with E-state index in [1.54, 1.807) is 12.0 Å². The monoisotopic (exact) mass is 1110 g/mol. The molecule has 0 spiro atoms. The van der Waals surface area contributed by atoms with Crippen LogP contribution in [0, 0.1) is 29.9 Å². The van der Waals surface area contributed by atoms with Gasteiger partial charge in [0.05, 0.1) is 5.56 Å². The number of anilines is 1. The largest absolute Gasteiger partial charge is 0.463 e. The highest BCUT2D eigenvalue weighted by molar-refractivity contribution is 6.01. The molecule has 5 aliphatic rings. The minimum Gasteiger partial charge on any atom is -0.463 e. The summed E-state index contributed by atoms with van der Waals surface area (Å²) in [6.45, 7) is 13.5. The summed E-state index contributed by atoms with van der Waals surface area (Å²) in [5, 5.41) is 3.98. The number of aromatic amines is 1. The minimum atomic E-state index is -0.863. The molecule has 1 aromatic heterocycles. The van der Waals surface area contributed by atoms with Gasteiger partial charge < -0.3 is 29.2 Å². The van der Waals surface area contributed by atoms with E-state index in [9.17, 15) is 23.6 Å². The van der Waals surface area contributed by atoms with E-state index in [0.717, 1.165) is 38.0 Å². The molecule has 2 bridgehead atoms. The number of carbonyl (C=O) groups excluding carboxylic acids is 3. The van der Waals surface area contributed by atoms with Crippen LogP contribution in [0.2, 0.25) is 0 Å². The predicted molar refractivity (Wildman–Crippen MR) is 314 cm³/mol. The number of aromatic nitrogens is 3. The second-order valence-corrected chi connectivity index (χ2v) is 22.7. The lowest BCUT2D eigenvalue weighted by molar-refractivity contribution is -0.153. The predicted octanol–water partition coefficient (Wildman–Crippen LogP) is 13.0. The van der Waals surface area contributed by atoms with E-state index in [0.29, 0.717) is 36.9 Å². The third-order valence-electron chi connectivity index (χ3n) is 16.0. The van der Waals surface area contributed by atoms with Crippen LogP contribution in [0.3, 0.4) is 0 Å². The second-order valence-electron chi connectivity index (χ2n) is 22.7. The molecule has 16 heteroatoms. The number of benzene rings is 2. The smallest absolute Gasteiger partial charge is 0.346 e. The Hall–Kier alpha value is -5.50. The van der Waals surface area contributed by atoms with E-state index in [1.807, 2.05) is 0 Å². The molecule has 0 aliphatic carbocycles. The van der Waals surface area contributed by atoms with Crippen molar-refractivity contribution in [1.29, 1.82) is 0 Å². The number of terminal acetylenes is 1. The summed E-state index contributed by atoms with van der Waals surface area (Å²) in [7, 11) is 1.55. The van der Waals surface area contributed by atoms with E-state index in [-0.39, 0.29) is 77.5 Å². The van der Waals surface area contributed by atoms with Crippen molar-refractivity contribution < 1.29 is 42.1 Å². The van der Waals surface area contributed by atoms with Gasteiger partial charge in [-0.1, -0.05) is 148 Å². The van der Waals surface area contributed by atoms with Gasteiger partial charge in [-0.05, 0) is 87.6 Å². The fraction of sp³-hybridized carbons (Fsp3) is 0.656. The Morgan fingerprint density at radius 1 is 0.825 bits per heavy atom. The first-order valence-electron chi connectivity index (χ1n) is 30.2. The van der Waals surface area contributed by atoms with Crippen LogP contribution in [0.1, 0.15) is 200 Å². The molecule has 0 radical (unpaired) electrons. The van der Waals surface area contributed by atoms with Crippen LogP contribution in [-0.4, -0.2) is 108 Å². The van der Waals surface area contributed by atoms with Gasteiger partial charge >= 0.3 is 17.6 Å². The van der Waals surface area contributed by atoms with Crippen molar-refractivity contribution in [3.05, 3.63) is 70.4 Å². The van der Waals surface area contributed by atoms with Crippen LogP contribution in [0.5, 0.6) is 5.75 Å². The third kappa shape index (κ3) is 21.8. The number of rotatable bonds is 31. The second kappa shape index (κ2) is 36.1. The topological polar surface area (TPSA) is 165 Å². The number of H-pyrrole nitrogens is 1. The Morgan fingerprint density at radius 3 is 1.90 bits per heavy atom. The number of methoxy groups -OCH3 is 1. The molecular formula is C64H94F2N6O8. The van der Waals surface area contributed by atoms with Gasteiger partial charge in [0.25, 0.3) is 6.47 Å². The molecule has 80 heavy (non-hydrogen) atoms. The van der Waals surface area contributed by atoms with Crippen molar-refractivity contribution in [3.8, 4) is 29.4 Å². The molecular weight excluding hydrogens is 1020 g/mol. The standard InChI is InChI=1S/C30H58O5.C25H19F2N5O3.C9H17N/c1-4-6-8-10-12-14-16-18-20-22-24-29(31)34-26-28(33-3)27-35-30(32)25-23-21-19-17-15-13-11-9-7-5-2;1-2-18-20(26)5-4-14-8-17(35-13-33)10-19(21(14)18)23-22(27)24(31-25(34)29-7-3-6-28-23)32-11-15-9-16(12-32)30-15;1-8-6-9(2)4-3-5-10(9)7-8/h28H,4-27H2,1-3H3;1,3-8,10,13,15-16,30H,9,11-12H2,(H,29,31,34);8H,3-7H2,1-2H3/t;;8-,9+/m..1/s1. The van der Waals surface area contributed by atoms with Crippen LogP contribution in [-0.2, 0) is 28.6 Å². The van der Waals surface area contributed by atoms with Gasteiger partial charge in [-0.2, -0.15) is 0 Å². The summed E-state index contributed by atoms with van der Waals surface area (Å²) in [4.78, 5) is 62.3. The third-order valence-corrected chi connectivity index (χ3v) is 16.0. The quantitative estimate of drug-likeness (QED) is 0.0271. The molecule has 8 rings (SSSR count). The minimum absolute atomic E-state index is 0.0872. The molecule has 2 aromatic carbocycles. The number of piperidine rings is 1. The van der Waals surface area contributed by atoms with E-state index in [1.165, 1.54) is 178 Å². The Labute approximate surface area is 476 Å². The summed E-state index contributed by atoms with van der Waals surface area (Å²) >= 11 is 0. The Kier molecular flexibility index (Phi) is 29.4. The van der Waals surface area contributed by atoms with Crippen molar-refractivity contribution in [3.63, 3.8) is 0 Å². The number of piperazine rings is 1. The lowest BCUT2D eigenvalue weighted by Crippen LogP contribution is -2.67. The van der Waals surface area contributed by atoms with Crippen molar-refractivity contribution in [2.45, 2.75) is 218 Å². The van der Waals surface area contributed by atoms with Crippen molar-refractivity contribution in [2.75, 3.05) is 51.4 Å². The van der Waals surface area contributed by atoms with Gasteiger partial charge in [-0.25, -0.2) is 18.6 Å². The molecule has 6 heterocycles. The first-order chi connectivity index (χ1) is 38.8. The summed E-state index contributed by atoms with van der Waals surface area (Å²) in [6.07, 6.45) is 38.7. The van der Waals surface area contributed by atoms with E-state index >= 15 is 4.39 Å². The maximum atomic E-state index is 16.4. The Morgan fingerprint density at radius 2 is 1.38 bits per heavy atom. The Balaban J connectivity index is 0.000000249. The number of unbranched alkanes of at least 4 members (excludes halogenated alkanes) is 18. The van der Waals surface area contributed by atoms with Crippen LogP contribution in [0.15, 0.2) is 47.5 Å². The zero-order valence-electron chi connectivity index (χ0n) is 48.9. The molecule has 0 amide bonds.